The third-order valence-electron chi connectivity index (χ3n) is 5.40. The summed E-state index contributed by atoms with van der Waals surface area (Å²) < 4.78 is 0. The second kappa shape index (κ2) is 13.1. The largest absolute Gasteiger partial charge is 1.00 e. The number of carboxylic acid groups (broad SMARTS) is 1. The van der Waals surface area contributed by atoms with Crippen LogP contribution in [-0.4, -0.2) is 43.4 Å². The van der Waals surface area contributed by atoms with Gasteiger partial charge in [0.2, 0.25) is 11.7 Å². The van der Waals surface area contributed by atoms with Crippen LogP contribution in [0.15, 0.2) is 48.5 Å². The second-order valence-corrected chi connectivity index (χ2v) is 8.11. The molecule has 0 fully saturated rings. The first-order valence-corrected chi connectivity index (χ1v) is 10.8. The number of nitrogens with zero attached hydrogens (tertiary/aromatic N) is 4. The average Bonchev–Trinajstić information content (AvgIpc) is 3.32. The molecule has 168 valence electrons. The molecule has 1 aromatic heterocycles. The van der Waals surface area contributed by atoms with Gasteiger partial charge in [-0.05, 0) is 34.2 Å². The molecule has 0 saturated carbocycles. The maximum atomic E-state index is 12.8. The molecule has 0 aliphatic rings. The summed E-state index contributed by atoms with van der Waals surface area (Å²) in [6.07, 6.45) is 1.91. The number of H-pyrrole nitrogens is 1. The van der Waals surface area contributed by atoms with Gasteiger partial charge in [0.15, 0.2) is 0 Å². The molecule has 0 spiro atoms. The quantitative estimate of drug-likeness (QED) is 0.409. The van der Waals surface area contributed by atoms with Crippen molar-refractivity contribution in [2.45, 2.75) is 52.6 Å². The summed E-state index contributed by atoms with van der Waals surface area (Å²) in [6.45, 7) is 5.80. The SMILES string of the molecule is CCCCC(=O)N(Cc1ccc(-c2ccccc2-c2nn[nH]n2)cc1)[C@H](C(=O)[O-])C(C)C.[K+]. The van der Waals surface area contributed by atoms with Crippen LogP contribution < -0.4 is 56.5 Å². The van der Waals surface area contributed by atoms with E-state index in [0.29, 0.717) is 12.2 Å². The summed E-state index contributed by atoms with van der Waals surface area (Å²) in [7, 11) is 0. The van der Waals surface area contributed by atoms with E-state index < -0.39 is 12.0 Å². The van der Waals surface area contributed by atoms with E-state index in [0.717, 1.165) is 35.1 Å². The van der Waals surface area contributed by atoms with Gasteiger partial charge in [-0.3, -0.25) is 4.79 Å². The Kier molecular flexibility index (Phi) is 10.8. The Balaban J connectivity index is 0.00000385. The van der Waals surface area contributed by atoms with Crippen molar-refractivity contribution in [2.75, 3.05) is 0 Å². The van der Waals surface area contributed by atoms with Crippen LogP contribution in [0.5, 0.6) is 0 Å². The van der Waals surface area contributed by atoms with Crippen molar-refractivity contribution < 1.29 is 66.1 Å². The molecule has 8 nitrogen and oxygen atoms in total. The van der Waals surface area contributed by atoms with Gasteiger partial charge in [0.25, 0.3) is 0 Å². The molecule has 0 saturated heterocycles. The van der Waals surface area contributed by atoms with E-state index in [4.69, 9.17) is 0 Å². The zero-order valence-electron chi connectivity index (χ0n) is 19.6. The molecular weight excluding hydrogens is 445 g/mol. The van der Waals surface area contributed by atoms with E-state index in [9.17, 15) is 14.7 Å². The smallest absolute Gasteiger partial charge is 0.548 e. The number of carboxylic acids is 1. The second-order valence-electron chi connectivity index (χ2n) is 8.11. The van der Waals surface area contributed by atoms with Crippen LogP contribution in [0, 0.1) is 5.92 Å². The molecule has 1 N–H and O–H groups in total. The first-order chi connectivity index (χ1) is 15.4. The molecular formula is C24H28KN5O3. The van der Waals surface area contributed by atoms with Crippen LogP contribution in [-0.2, 0) is 16.1 Å². The van der Waals surface area contributed by atoms with Crippen molar-refractivity contribution in [3.8, 4) is 22.5 Å². The predicted molar refractivity (Wildman–Crippen MR) is 119 cm³/mol. The minimum Gasteiger partial charge on any atom is -0.548 e. The standard InChI is InChI=1S/C24H29N5O3.K/c1-4-5-10-21(30)29(22(16(2)3)24(31)32)15-17-11-13-18(14-12-17)19-8-6-7-9-20(19)23-25-27-28-26-23;/h6-9,11-14,16,22H,4-5,10,15H2,1-3H3,(H,31,32)(H,25,26,27,28);/q;+1/p-1/t22-;/m0./s1. The average molecular weight is 474 g/mol. The van der Waals surface area contributed by atoms with E-state index in [-0.39, 0.29) is 69.8 Å². The van der Waals surface area contributed by atoms with Gasteiger partial charge in [-0.1, -0.05) is 75.7 Å². The van der Waals surface area contributed by atoms with Crippen LogP contribution in [0.2, 0.25) is 0 Å². The monoisotopic (exact) mass is 473 g/mol. The van der Waals surface area contributed by atoms with Gasteiger partial charge in [0.1, 0.15) is 0 Å². The Morgan fingerprint density at radius 3 is 2.27 bits per heavy atom. The molecule has 2 aromatic carbocycles. The zero-order valence-corrected chi connectivity index (χ0v) is 22.7. The van der Waals surface area contributed by atoms with E-state index in [1.165, 1.54) is 4.90 Å². The number of amides is 1. The third-order valence-corrected chi connectivity index (χ3v) is 5.40. The van der Waals surface area contributed by atoms with Crippen LogP contribution >= 0.6 is 0 Å². The number of hydrogen-bond acceptors (Lipinski definition) is 6. The molecule has 0 aliphatic carbocycles. The molecule has 1 amide bonds. The fourth-order valence-electron chi connectivity index (χ4n) is 3.76. The first kappa shape index (κ1) is 27.3. The fraction of sp³-hybridized carbons (Fsp3) is 0.375. The Morgan fingerprint density at radius 2 is 1.73 bits per heavy atom. The zero-order chi connectivity index (χ0) is 23.1. The number of nitrogens with one attached hydrogen (secondary N) is 1. The van der Waals surface area contributed by atoms with Gasteiger partial charge in [0, 0.05) is 18.5 Å². The van der Waals surface area contributed by atoms with E-state index in [2.05, 4.69) is 20.6 Å². The summed E-state index contributed by atoms with van der Waals surface area (Å²) >= 11 is 0. The number of aromatic nitrogens is 4. The van der Waals surface area contributed by atoms with Crippen LogP contribution in [0.25, 0.3) is 22.5 Å². The minimum absolute atomic E-state index is 0. The number of unbranched alkanes of at least 4 members (excludes halogenated alkanes) is 1. The molecule has 0 radical (unpaired) electrons. The number of aromatic amines is 1. The summed E-state index contributed by atoms with van der Waals surface area (Å²) in [5, 5.41) is 26.1. The molecule has 33 heavy (non-hydrogen) atoms. The van der Waals surface area contributed by atoms with Gasteiger partial charge in [-0.25, -0.2) is 0 Å². The summed E-state index contributed by atoms with van der Waals surface area (Å²) in [5.41, 5.74) is 3.61. The Morgan fingerprint density at radius 1 is 1.06 bits per heavy atom. The number of rotatable bonds is 10. The molecule has 0 aliphatic heterocycles. The number of tetrazole rings is 1. The summed E-state index contributed by atoms with van der Waals surface area (Å²) in [6, 6.07) is 14.5. The van der Waals surface area contributed by atoms with Gasteiger partial charge in [-0.15, -0.1) is 10.2 Å². The van der Waals surface area contributed by atoms with Crippen molar-refractivity contribution >= 4 is 11.9 Å². The topological polar surface area (TPSA) is 115 Å². The Bertz CT molecular complexity index is 1040. The number of aliphatic carboxylic acids is 1. The van der Waals surface area contributed by atoms with Crippen molar-refractivity contribution in [1.82, 2.24) is 25.5 Å². The van der Waals surface area contributed by atoms with Gasteiger partial charge in [-0.2, -0.15) is 5.21 Å². The van der Waals surface area contributed by atoms with E-state index >= 15 is 0 Å². The number of hydrogen-bond donors (Lipinski definition) is 1. The van der Waals surface area contributed by atoms with Gasteiger partial charge < -0.3 is 14.8 Å². The van der Waals surface area contributed by atoms with Crippen LogP contribution in [0.4, 0.5) is 0 Å². The molecule has 9 heteroatoms. The molecule has 0 bridgehead atoms. The Hall–Kier alpha value is -1.91. The fourth-order valence-corrected chi connectivity index (χ4v) is 3.76. The van der Waals surface area contributed by atoms with Crippen LogP contribution in [0.3, 0.4) is 0 Å². The van der Waals surface area contributed by atoms with Crippen molar-refractivity contribution in [3.05, 3.63) is 54.1 Å². The van der Waals surface area contributed by atoms with Crippen molar-refractivity contribution in [3.63, 3.8) is 0 Å². The third kappa shape index (κ3) is 7.03. The normalized spacial score (nSPS) is 11.6. The number of carbonyl (C=O) groups excluding carboxylic acids is 2. The van der Waals surface area contributed by atoms with Crippen molar-refractivity contribution in [2.24, 2.45) is 5.92 Å². The molecule has 3 aromatic rings. The van der Waals surface area contributed by atoms with Crippen molar-refractivity contribution in [1.29, 1.82) is 0 Å². The molecule has 3 rings (SSSR count). The first-order valence-electron chi connectivity index (χ1n) is 10.8. The summed E-state index contributed by atoms with van der Waals surface area (Å²) in [4.78, 5) is 26.1. The summed E-state index contributed by atoms with van der Waals surface area (Å²) in [5.74, 6) is -1.14. The van der Waals surface area contributed by atoms with E-state index in [1.54, 1.807) is 13.8 Å². The number of benzene rings is 2. The van der Waals surface area contributed by atoms with Crippen LogP contribution in [0.1, 0.15) is 45.6 Å². The predicted octanol–water partition coefficient (Wildman–Crippen LogP) is -0.169. The minimum atomic E-state index is -1.23. The number of carbonyl (C=O) groups is 2. The van der Waals surface area contributed by atoms with E-state index in [1.807, 2.05) is 55.5 Å². The Labute approximate surface area is 236 Å². The maximum Gasteiger partial charge on any atom is 1.00 e. The van der Waals surface area contributed by atoms with Gasteiger partial charge in [0.05, 0.1) is 12.0 Å². The molecule has 1 atom stereocenters. The molecule has 0 unspecified atom stereocenters. The van der Waals surface area contributed by atoms with Gasteiger partial charge >= 0.3 is 51.4 Å². The molecule has 1 heterocycles. The maximum absolute atomic E-state index is 12.8.